The molecular formula is C15H22N2O2. The number of hydrogen-bond acceptors (Lipinski definition) is 3. The Balaban J connectivity index is 1.85. The van der Waals surface area contributed by atoms with Crippen LogP contribution in [0.25, 0.3) is 0 Å². The molecule has 19 heavy (non-hydrogen) atoms. The molecule has 1 fully saturated rings. The number of amides is 1. The summed E-state index contributed by atoms with van der Waals surface area (Å²) in [5.41, 5.74) is 1.91. The van der Waals surface area contributed by atoms with Crippen LogP contribution in [0, 0.1) is 5.92 Å². The Morgan fingerprint density at radius 2 is 2.26 bits per heavy atom. The van der Waals surface area contributed by atoms with Gasteiger partial charge in [0, 0.05) is 18.5 Å². The Morgan fingerprint density at radius 1 is 1.47 bits per heavy atom. The van der Waals surface area contributed by atoms with Gasteiger partial charge in [-0.25, -0.2) is 0 Å². The Bertz CT molecular complexity index is 434. The first kappa shape index (κ1) is 14.0. The summed E-state index contributed by atoms with van der Waals surface area (Å²) < 4.78 is 0. The molecule has 1 aromatic rings. The summed E-state index contributed by atoms with van der Waals surface area (Å²) >= 11 is 0. The molecule has 1 saturated heterocycles. The van der Waals surface area contributed by atoms with E-state index < -0.39 is 0 Å². The van der Waals surface area contributed by atoms with E-state index in [-0.39, 0.29) is 18.4 Å². The van der Waals surface area contributed by atoms with Crippen molar-refractivity contribution < 1.29 is 9.90 Å². The molecule has 0 bridgehead atoms. The van der Waals surface area contributed by atoms with E-state index in [9.17, 15) is 4.79 Å². The highest BCUT2D eigenvalue weighted by molar-refractivity contribution is 5.78. The standard InChI is InChI=1S/C15H22N2O2/c1-11-7-14(5-6-16-11)15(19)17-9-12-3-2-4-13(8-12)10-18/h2-4,8,11,14,16,18H,5-7,9-10H2,1H3,(H,17,19). The van der Waals surface area contributed by atoms with Crippen LogP contribution in [0.3, 0.4) is 0 Å². The molecule has 1 aliphatic heterocycles. The number of nitrogens with one attached hydrogen (secondary N) is 2. The topological polar surface area (TPSA) is 61.4 Å². The van der Waals surface area contributed by atoms with Crippen molar-refractivity contribution in [3.05, 3.63) is 35.4 Å². The number of carbonyl (C=O) groups excluding carboxylic acids is 1. The van der Waals surface area contributed by atoms with E-state index in [0.29, 0.717) is 12.6 Å². The van der Waals surface area contributed by atoms with Crippen molar-refractivity contribution in [2.24, 2.45) is 5.92 Å². The minimum atomic E-state index is 0.0353. The molecule has 3 N–H and O–H groups in total. The van der Waals surface area contributed by atoms with Crippen LogP contribution in [0.15, 0.2) is 24.3 Å². The van der Waals surface area contributed by atoms with Gasteiger partial charge in [-0.05, 0) is 37.4 Å². The maximum Gasteiger partial charge on any atom is 0.223 e. The molecule has 4 heteroatoms. The minimum Gasteiger partial charge on any atom is -0.392 e. The lowest BCUT2D eigenvalue weighted by Gasteiger charge is -2.27. The SMILES string of the molecule is CC1CC(C(=O)NCc2cccc(CO)c2)CCN1. The van der Waals surface area contributed by atoms with Crippen LogP contribution >= 0.6 is 0 Å². The second-order valence-electron chi connectivity index (χ2n) is 5.27. The average molecular weight is 262 g/mol. The molecule has 4 nitrogen and oxygen atoms in total. The van der Waals surface area contributed by atoms with E-state index >= 15 is 0 Å². The number of rotatable bonds is 4. The number of piperidine rings is 1. The summed E-state index contributed by atoms with van der Waals surface area (Å²) in [6.45, 7) is 3.60. The van der Waals surface area contributed by atoms with Gasteiger partial charge < -0.3 is 15.7 Å². The Morgan fingerprint density at radius 3 is 3.00 bits per heavy atom. The van der Waals surface area contributed by atoms with Gasteiger partial charge in [-0.15, -0.1) is 0 Å². The number of aliphatic hydroxyl groups is 1. The highest BCUT2D eigenvalue weighted by Gasteiger charge is 2.24. The van der Waals surface area contributed by atoms with Crippen LogP contribution in [-0.2, 0) is 17.9 Å². The van der Waals surface area contributed by atoms with Gasteiger partial charge in [-0.2, -0.15) is 0 Å². The third kappa shape index (κ3) is 4.04. The summed E-state index contributed by atoms with van der Waals surface area (Å²) in [7, 11) is 0. The fourth-order valence-electron chi connectivity index (χ4n) is 2.54. The molecule has 1 amide bonds. The first-order chi connectivity index (χ1) is 9.19. The molecular weight excluding hydrogens is 240 g/mol. The fourth-order valence-corrected chi connectivity index (χ4v) is 2.54. The lowest BCUT2D eigenvalue weighted by molar-refractivity contribution is -0.126. The molecule has 1 heterocycles. The summed E-state index contributed by atoms with van der Waals surface area (Å²) in [6, 6.07) is 8.08. The zero-order valence-electron chi connectivity index (χ0n) is 11.4. The molecule has 0 aromatic heterocycles. The summed E-state index contributed by atoms with van der Waals surface area (Å²) in [5, 5.41) is 15.4. The van der Waals surface area contributed by atoms with E-state index in [1.807, 2.05) is 24.3 Å². The molecule has 2 atom stereocenters. The third-order valence-corrected chi connectivity index (χ3v) is 3.64. The van der Waals surface area contributed by atoms with Gasteiger partial charge in [0.15, 0.2) is 0 Å². The van der Waals surface area contributed by atoms with Gasteiger partial charge in [0.1, 0.15) is 0 Å². The van der Waals surface area contributed by atoms with E-state index in [0.717, 1.165) is 30.5 Å². The van der Waals surface area contributed by atoms with Gasteiger partial charge in [-0.3, -0.25) is 4.79 Å². The molecule has 0 spiro atoms. The fraction of sp³-hybridized carbons (Fsp3) is 0.533. The lowest BCUT2D eigenvalue weighted by atomic mass is 9.92. The van der Waals surface area contributed by atoms with E-state index in [4.69, 9.17) is 5.11 Å². The smallest absolute Gasteiger partial charge is 0.223 e. The maximum absolute atomic E-state index is 12.1. The summed E-state index contributed by atoms with van der Waals surface area (Å²) in [4.78, 5) is 12.1. The van der Waals surface area contributed by atoms with Crippen molar-refractivity contribution in [2.45, 2.75) is 39.0 Å². The van der Waals surface area contributed by atoms with Crippen LogP contribution < -0.4 is 10.6 Å². The monoisotopic (exact) mass is 262 g/mol. The van der Waals surface area contributed by atoms with Crippen molar-refractivity contribution in [1.29, 1.82) is 0 Å². The highest BCUT2D eigenvalue weighted by atomic mass is 16.3. The molecule has 104 valence electrons. The van der Waals surface area contributed by atoms with E-state index in [1.54, 1.807) is 0 Å². The summed E-state index contributed by atoms with van der Waals surface area (Å²) in [6.07, 6.45) is 1.81. The predicted molar refractivity (Wildman–Crippen MR) is 74.4 cm³/mol. The van der Waals surface area contributed by atoms with Gasteiger partial charge in [0.2, 0.25) is 5.91 Å². The van der Waals surface area contributed by atoms with Gasteiger partial charge in [-0.1, -0.05) is 24.3 Å². The molecule has 0 saturated carbocycles. The molecule has 0 radical (unpaired) electrons. The zero-order chi connectivity index (χ0) is 13.7. The minimum absolute atomic E-state index is 0.0353. The predicted octanol–water partition coefficient (Wildman–Crippen LogP) is 1.18. The van der Waals surface area contributed by atoms with Crippen molar-refractivity contribution in [2.75, 3.05) is 6.54 Å². The number of benzene rings is 1. The quantitative estimate of drug-likeness (QED) is 0.763. The second kappa shape index (κ2) is 6.68. The Kier molecular flexibility index (Phi) is 4.93. The molecule has 1 aromatic carbocycles. The number of carbonyl (C=O) groups is 1. The van der Waals surface area contributed by atoms with Crippen LogP contribution in [0.1, 0.15) is 30.9 Å². The van der Waals surface area contributed by atoms with Crippen molar-refractivity contribution in [3.63, 3.8) is 0 Å². The second-order valence-corrected chi connectivity index (χ2v) is 5.27. The van der Waals surface area contributed by atoms with Crippen LogP contribution in [0.5, 0.6) is 0 Å². The Hall–Kier alpha value is -1.39. The van der Waals surface area contributed by atoms with Crippen LogP contribution in [-0.4, -0.2) is 23.6 Å². The average Bonchev–Trinajstić information content (AvgIpc) is 2.45. The normalized spacial score (nSPS) is 23.1. The first-order valence-electron chi connectivity index (χ1n) is 6.89. The van der Waals surface area contributed by atoms with E-state index in [2.05, 4.69) is 17.6 Å². The van der Waals surface area contributed by atoms with Crippen molar-refractivity contribution in [3.8, 4) is 0 Å². The van der Waals surface area contributed by atoms with Crippen molar-refractivity contribution >= 4 is 5.91 Å². The zero-order valence-corrected chi connectivity index (χ0v) is 11.4. The largest absolute Gasteiger partial charge is 0.392 e. The number of hydrogen-bond donors (Lipinski definition) is 3. The molecule has 2 rings (SSSR count). The lowest BCUT2D eigenvalue weighted by Crippen LogP contribution is -2.42. The molecule has 1 aliphatic rings. The highest BCUT2D eigenvalue weighted by Crippen LogP contribution is 2.16. The maximum atomic E-state index is 12.1. The van der Waals surface area contributed by atoms with Gasteiger partial charge in [0.05, 0.1) is 6.61 Å². The van der Waals surface area contributed by atoms with Crippen molar-refractivity contribution in [1.82, 2.24) is 10.6 Å². The molecule has 2 unspecified atom stereocenters. The summed E-state index contributed by atoms with van der Waals surface area (Å²) in [5.74, 6) is 0.264. The van der Waals surface area contributed by atoms with Gasteiger partial charge in [0.25, 0.3) is 0 Å². The van der Waals surface area contributed by atoms with Crippen LogP contribution in [0.4, 0.5) is 0 Å². The van der Waals surface area contributed by atoms with E-state index in [1.165, 1.54) is 0 Å². The van der Waals surface area contributed by atoms with Crippen LogP contribution in [0.2, 0.25) is 0 Å². The van der Waals surface area contributed by atoms with Gasteiger partial charge >= 0.3 is 0 Å². The third-order valence-electron chi connectivity index (χ3n) is 3.64. The Labute approximate surface area is 114 Å². The first-order valence-corrected chi connectivity index (χ1v) is 6.89. The number of aliphatic hydroxyl groups excluding tert-OH is 1. The molecule has 0 aliphatic carbocycles.